The summed E-state index contributed by atoms with van der Waals surface area (Å²) >= 11 is 0. The lowest BCUT2D eigenvalue weighted by Gasteiger charge is -2.14. The van der Waals surface area contributed by atoms with Crippen molar-refractivity contribution in [3.63, 3.8) is 0 Å². The maximum atomic E-state index is 11.5. The van der Waals surface area contributed by atoms with Gasteiger partial charge in [0.05, 0.1) is 12.1 Å². The third kappa shape index (κ3) is 3.75. The number of rotatable bonds is 5. The van der Waals surface area contributed by atoms with Crippen molar-refractivity contribution in [1.82, 2.24) is 9.88 Å². The average molecular weight is 236 g/mol. The van der Waals surface area contributed by atoms with Crippen molar-refractivity contribution >= 4 is 17.6 Å². The first-order chi connectivity index (χ1) is 8.04. The van der Waals surface area contributed by atoms with Gasteiger partial charge in [0.1, 0.15) is 5.82 Å². The highest BCUT2D eigenvalue weighted by Gasteiger charge is 2.06. The summed E-state index contributed by atoms with van der Waals surface area (Å²) in [5.41, 5.74) is 5.42. The second kappa shape index (κ2) is 5.83. The molecule has 0 radical (unpaired) electrons. The zero-order chi connectivity index (χ0) is 12.8. The minimum atomic E-state index is -0.522. The topological polar surface area (TPSA) is 88.3 Å². The molecular weight excluding hydrogens is 220 g/mol. The van der Waals surface area contributed by atoms with E-state index in [2.05, 4.69) is 10.3 Å². The fraction of sp³-hybridized carbons (Fsp3) is 0.364. The maximum Gasteiger partial charge on any atom is 0.250 e. The van der Waals surface area contributed by atoms with E-state index in [1.54, 1.807) is 24.1 Å². The summed E-state index contributed by atoms with van der Waals surface area (Å²) in [7, 11) is 1.73. The normalized spacial score (nSPS) is 9.76. The molecule has 1 rings (SSSR count). The number of likely N-dealkylation sites (N-methyl/N-ethyl adjacent to an activating group) is 1. The Kier molecular flexibility index (Phi) is 4.45. The number of carbonyl (C=O) groups is 2. The second-order valence-electron chi connectivity index (χ2n) is 3.56. The maximum absolute atomic E-state index is 11.5. The lowest BCUT2D eigenvalue weighted by Crippen LogP contribution is -2.32. The molecule has 0 aliphatic heterocycles. The van der Waals surface area contributed by atoms with Crippen LogP contribution in [0.5, 0.6) is 0 Å². The molecule has 6 heteroatoms. The molecule has 3 N–H and O–H groups in total. The summed E-state index contributed by atoms with van der Waals surface area (Å²) in [4.78, 5) is 27.9. The number of nitrogens with zero attached hydrogens (tertiary/aromatic N) is 2. The van der Waals surface area contributed by atoms with Gasteiger partial charge in [-0.05, 0) is 19.1 Å². The monoisotopic (exact) mass is 236 g/mol. The molecule has 0 atom stereocenters. The summed E-state index contributed by atoms with van der Waals surface area (Å²) in [5.74, 6) is -0.00743. The third-order valence-electron chi connectivity index (χ3n) is 2.37. The van der Waals surface area contributed by atoms with Crippen LogP contribution in [-0.4, -0.2) is 41.8 Å². The molecule has 1 aromatic rings. The zero-order valence-electron chi connectivity index (χ0n) is 9.93. The van der Waals surface area contributed by atoms with Gasteiger partial charge in [-0.3, -0.25) is 9.59 Å². The highest BCUT2D eigenvalue weighted by atomic mass is 16.2. The molecule has 1 heterocycles. The van der Waals surface area contributed by atoms with Crippen LogP contribution in [0.15, 0.2) is 18.3 Å². The standard InChI is InChI=1S/C11H16N4O2/c1-3-15(2)10(16)7-14-9-5-4-8(6-13-9)11(12)17/h4-6H,3,7H2,1-2H3,(H2,12,17)(H,13,14). The summed E-state index contributed by atoms with van der Waals surface area (Å²) in [6.07, 6.45) is 1.37. The van der Waals surface area contributed by atoms with E-state index in [0.717, 1.165) is 0 Å². The number of aromatic nitrogens is 1. The van der Waals surface area contributed by atoms with Crippen molar-refractivity contribution in [2.75, 3.05) is 25.5 Å². The summed E-state index contributed by atoms with van der Waals surface area (Å²) in [5, 5.41) is 2.87. The number of hydrogen-bond acceptors (Lipinski definition) is 4. The number of nitrogens with one attached hydrogen (secondary N) is 1. The Balaban J connectivity index is 2.53. The van der Waals surface area contributed by atoms with Crippen molar-refractivity contribution in [2.45, 2.75) is 6.92 Å². The Labute approximate surface area is 99.8 Å². The van der Waals surface area contributed by atoms with E-state index in [1.807, 2.05) is 6.92 Å². The predicted molar refractivity (Wildman–Crippen MR) is 64.6 cm³/mol. The van der Waals surface area contributed by atoms with Crippen molar-refractivity contribution in [3.8, 4) is 0 Å². The molecule has 0 bridgehead atoms. The lowest BCUT2D eigenvalue weighted by atomic mass is 10.3. The molecular formula is C11H16N4O2. The van der Waals surface area contributed by atoms with Crippen LogP contribution in [0.4, 0.5) is 5.82 Å². The molecule has 0 saturated carbocycles. The summed E-state index contributed by atoms with van der Waals surface area (Å²) < 4.78 is 0. The molecule has 92 valence electrons. The van der Waals surface area contributed by atoms with E-state index in [0.29, 0.717) is 17.9 Å². The van der Waals surface area contributed by atoms with Crippen LogP contribution < -0.4 is 11.1 Å². The third-order valence-corrected chi connectivity index (χ3v) is 2.37. The number of amides is 2. The van der Waals surface area contributed by atoms with Crippen LogP contribution in [0.25, 0.3) is 0 Å². The summed E-state index contributed by atoms with van der Waals surface area (Å²) in [6.45, 7) is 2.74. The minimum absolute atomic E-state index is 0.0201. The predicted octanol–water partition coefficient (Wildman–Crippen LogP) is 0.0707. The van der Waals surface area contributed by atoms with Crippen molar-refractivity contribution in [1.29, 1.82) is 0 Å². The SMILES string of the molecule is CCN(C)C(=O)CNc1ccc(C(N)=O)cn1. The number of nitrogens with two attached hydrogens (primary N) is 1. The van der Waals surface area contributed by atoms with E-state index < -0.39 is 5.91 Å². The van der Waals surface area contributed by atoms with Crippen molar-refractivity contribution in [2.24, 2.45) is 5.73 Å². The number of anilines is 1. The Hall–Kier alpha value is -2.11. The fourth-order valence-corrected chi connectivity index (χ4v) is 1.12. The van der Waals surface area contributed by atoms with Crippen LogP contribution in [0.3, 0.4) is 0 Å². The van der Waals surface area contributed by atoms with Gasteiger partial charge in [-0.1, -0.05) is 0 Å². The fourth-order valence-electron chi connectivity index (χ4n) is 1.12. The van der Waals surface area contributed by atoms with Crippen LogP contribution in [0.1, 0.15) is 17.3 Å². The largest absolute Gasteiger partial charge is 0.366 e. The molecule has 0 aliphatic rings. The van der Waals surface area contributed by atoms with Crippen LogP contribution in [0, 0.1) is 0 Å². The van der Waals surface area contributed by atoms with Crippen LogP contribution in [0.2, 0.25) is 0 Å². The van der Waals surface area contributed by atoms with Crippen LogP contribution >= 0.6 is 0 Å². The highest BCUT2D eigenvalue weighted by Crippen LogP contribution is 2.04. The second-order valence-corrected chi connectivity index (χ2v) is 3.56. The van der Waals surface area contributed by atoms with Gasteiger partial charge in [-0.2, -0.15) is 0 Å². The van der Waals surface area contributed by atoms with E-state index in [1.165, 1.54) is 6.20 Å². The lowest BCUT2D eigenvalue weighted by molar-refractivity contribution is -0.127. The van der Waals surface area contributed by atoms with Gasteiger partial charge < -0.3 is 16.0 Å². The number of primary amides is 1. The van der Waals surface area contributed by atoms with E-state index >= 15 is 0 Å². The average Bonchev–Trinajstić information content (AvgIpc) is 2.35. The van der Waals surface area contributed by atoms with E-state index in [9.17, 15) is 9.59 Å². The Morgan fingerprint density at radius 3 is 2.65 bits per heavy atom. The first-order valence-corrected chi connectivity index (χ1v) is 5.28. The molecule has 6 nitrogen and oxygen atoms in total. The van der Waals surface area contributed by atoms with Crippen molar-refractivity contribution in [3.05, 3.63) is 23.9 Å². The van der Waals surface area contributed by atoms with E-state index in [4.69, 9.17) is 5.73 Å². The quantitative estimate of drug-likeness (QED) is 0.757. The van der Waals surface area contributed by atoms with Gasteiger partial charge >= 0.3 is 0 Å². The Bertz CT molecular complexity index is 402. The molecule has 0 spiro atoms. The minimum Gasteiger partial charge on any atom is -0.366 e. The number of pyridine rings is 1. The molecule has 17 heavy (non-hydrogen) atoms. The first kappa shape index (κ1) is 13.0. The summed E-state index contributed by atoms with van der Waals surface area (Å²) in [6, 6.07) is 3.17. The van der Waals surface area contributed by atoms with Gasteiger partial charge in [0.25, 0.3) is 0 Å². The smallest absolute Gasteiger partial charge is 0.250 e. The van der Waals surface area contributed by atoms with E-state index in [-0.39, 0.29) is 12.5 Å². The van der Waals surface area contributed by atoms with Crippen molar-refractivity contribution < 1.29 is 9.59 Å². The van der Waals surface area contributed by atoms with Gasteiger partial charge in [0, 0.05) is 19.8 Å². The molecule has 0 saturated heterocycles. The van der Waals surface area contributed by atoms with Gasteiger partial charge in [0.2, 0.25) is 11.8 Å². The number of hydrogen-bond donors (Lipinski definition) is 2. The van der Waals surface area contributed by atoms with Gasteiger partial charge in [-0.25, -0.2) is 4.98 Å². The molecule has 0 aromatic carbocycles. The Morgan fingerprint density at radius 1 is 1.47 bits per heavy atom. The molecule has 0 aliphatic carbocycles. The van der Waals surface area contributed by atoms with Crippen LogP contribution in [-0.2, 0) is 4.79 Å². The Morgan fingerprint density at radius 2 is 2.18 bits per heavy atom. The number of carbonyl (C=O) groups excluding carboxylic acids is 2. The first-order valence-electron chi connectivity index (χ1n) is 5.28. The molecule has 0 unspecified atom stereocenters. The molecule has 2 amide bonds. The van der Waals surface area contributed by atoms with Gasteiger partial charge in [-0.15, -0.1) is 0 Å². The zero-order valence-corrected chi connectivity index (χ0v) is 9.93. The van der Waals surface area contributed by atoms with Gasteiger partial charge in [0.15, 0.2) is 0 Å². The molecule has 0 fully saturated rings. The highest BCUT2D eigenvalue weighted by molar-refractivity contribution is 5.92. The molecule has 1 aromatic heterocycles.